The summed E-state index contributed by atoms with van der Waals surface area (Å²) in [7, 11) is 0. The van der Waals surface area contributed by atoms with Crippen molar-refractivity contribution in [3.05, 3.63) is 29.6 Å². The van der Waals surface area contributed by atoms with E-state index in [9.17, 15) is 4.39 Å². The van der Waals surface area contributed by atoms with Crippen LogP contribution < -0.4 is 10.5 Å². The molecule has 2 nitrogen and oxygen atoms in total. The van der Waals surface area contributed by atoms with Gasteiger partial charge in [0.15, 0.2) is 0 Å². The zero-order chi connectivity index (χ0) is 13.3. The average molecular weight is 263 g/mol. The topological polar surface area (TPSA) is 35.2 Å². The van der Waals surface area contributed by atoms with Crippen molar-refractivity contribution in [2.24, 2.45) is 11.7 Å². The zero-order valence-corrected chi connectivity index (χ0v) is 11.3. The third-order valence-corrected chi connectivity index (χ3v) is 4.91. The van der Waals surface area contributed by atoms with Crippen molar-refractivity contribution >= 4 is 0 Å². The molecule has 2 saturated carbocycles. The van der Waals surface area contributed by atoms with Crippen LogP contribution in [0.25, 0.3) is 0 Å². The van der Waals surface area contributed by atoms with E-state index in [-0.39, 0.29) is 11.2 Å². The van der Waals surface area contributed by atoms with E-state index in [0.717, 1.165) is 30.8 Å². The van der Waals surface area contributed by atoms with Crippen molar-refractivity contribution in [3.8, 4) is 5.75 Å². The summed E-state index contributed by atoms with van der Waals surface area (Å²) >= 11 is 0. The fourth-order valence-corrected chi connectivity index (χ4v) is 3.10. The molecule has 1 aromatic rings. The summed E-state index contributed by atoms with van der Waals surface area (Å²) in [5, 5.41) is 0. The maximum absolute atomic E-state index is 13.6. The minimum atomic E-state index is -0.189. The standard InChI is InChI=1S/C16H22FNO/c17-13-5-6-15(19-10-12-3-1-4-12)14(9-13)16(11-18)7-2-8-16/h5-6,9,12H,1-4,7-8,10-11,18H2. The van der Waals surface area contributed by atoms with Gasteiger partial charge >= 0.3 is 0 Å². The third kappa shape index (κ3) is 2.36. The Hall–Kier alpha value is -1.09. The van der Waals surface area contributed by atoms with Gasteiger partial charge in [0, 0.05) is 17.5 Å². The lowest BCUT2D eigenvalue weighted by Crippen LogP contribution is -2.42. The third-order valence-electron chi connectivity index (χ3n) is 4.91. The molecule has 1 aromatic carbocycles. The van der Waals surface area contributed by atoms with Gasteiger partial charge in [-0.1, -0.05) is 12.8 Å². The summed E-state index contributed by atoms with van der Waals surface area (Å²) in [5.41, 5.74) is 6.88. The predicted octanol–water partition coefficient (Wildman–Crippen LogP) is 3.39. The first kappa shape index (κ1) is 12.9. The van der Waals surface area contributed by atoms with Crippen LogP contribution in [0, 0.1) is 11.7 Å². The highest BCUT2D eigenvalue weighted by molar-refractivity contribution is 5.42. The summed E-state index contributed by atoms with van der Waals surface area (Å²) in [6.07, 6.45) is 7.11. The molecule has 104 valence electrons. The van der Waals surface area contributed by atoms with Gasteiger partial charge in [-0.25, -0.2) is 4.39 Å². The Labute approximate surface area is 114 Å². The first-order valence-electron chi connectivity index (χ1n) is 7.36. The zero-order valence-electron chi connectivity index (χ0n) is 11.3. The molecular weight excluding hydrogens is 241 g/mol. The van der Waals surface area contributed by atoms with Crippen LogP contribution >= 0.6 is 0 Å². The highest BCUT2D eigenvalue weighted by Gasteiger charge is 2.39. The fraction of sp³-hybridized carbons (Fsp3) is 0.625. The smallest absolute Gasteiger partial charge is 0.123 e. The Morgan fingerprint density at radius 3 is 2.58 bits per heavy atom. The number of rotatable bonds is 5. The maximum Gasteiger partial charge on any atom is 0.123 e. The second-order valence-corrected chi connectivity index (χ2v) is 6.09. The van der Waals surface area contributed by atoms with Crippen LogP contribution in [0.5, 0.6) is 5.75 Å². The van der Waals surface area contributed by atoms with Gasteiger partial charge in [0.1, 0.15) is 11.6 Å². The SMILES string of the molecule is NCC1(c2cc(F)ccc2OCC2CCC2)CCC1. The molecule has 3 heteroatoms. The molecule has 0 atom stereocenters. The van der Waals surface area contributed by atoms with Gasteiger partial charge in [-0.05, 0) is 49.8 Å². The lowest BCUT2D eigenvalue weighted by Gasteiger charge is -2.42. The molecule has 0 bridgehead atoms. The number of halogens is 1. The molecule has 0 spiro atoms. The Balaban J connectivity index is 1.81. The normalized spacial score (nSPS) is 21.6. The summed E-state index contributed by atoms with van der Waals surface area (Å²) in [6, 6.07) is 4.89. The molecule has 2 fully saturated rings. The fourth-order valence-electron chi connectivity index (χ4n) is 3.10. The molecule has 3 rings (SSSR count). The van der Waals surface area contributed by atoms with Crippen LogP contribution in [0.4, 0.5) is 4.39 Å². The van der Waals surface area contributed by atoms with Crippen LogP contribution in [-0.4, -0.2) is 13.2 Å². The van der Waals surface area contributed by atoms with Gasteiger partial charge in [-0.15, -0.1) is 0 Å². The Morgan fingerprint density at radius 2 is 2.05 bits per heavy atom. The monoisotopic (exact) mass is 263 g/mol. The number of hydrogen-bond donors (Lipinski definition) is 1. The molecule has 0 radical (unpaired) electrons. The average Bonchev–Trinajstić information content (AvgIpc) is 2.29. The molecule has 0 amide bonds. The van der Waals surface area contributed by atoms with Gasteiger partial charge in [0.2, 0.25) is 0 Å². The first-order valence-corrected chi connectivity index (χ1v) is 7.36. The summed E-state index contributed by atoms with van der Waals surface area (Å²) in [5.74, 6) is 1.34. The van der Waals surface area contributed by atoms with Crippen molar-refractivity contribution in [1.82, 2.24) is 0 Å². The molecule has 19 heavy (non-hydrogen) atoms. The van der Waals surface area contributed by atoms with Crippen LogP contribution in [-0.2, 0) is 5.41 Å². The minimum absolute atomic E-state index is 0.0446. The molecule has 0 heterocycles. The van der Waals surface area contributed by atoms with Gasteiger partial charge in [0.05, 0.1) is 6.61 Å². The van der Waals surface area contributed by atoms with Crippen molar-refractivity contribution in [1.29, 1.82) is 0 Å². The lowest BCUT2D eigenvalue weighted by atomic mass is 9.64. The van der Waals surface area contributed by atoms with E-state index in [1.165, 1.54) is 31.7 Å². The van der Waals surface area contributed by atoms with Crippen LogP contribution in [0.15, 0.2) is 18.2 Å². The molecule has 0 saturated heterocycles. The lowest BCUT2D eigenvalue weighted by molar-refractivity contribution is 0.171. The minimum Gasteiger partial charge on any atom is -0.493 e. The molecule has 2 N–H and O–H groups in total. The van der Waals surface area contributed by atoms with Crippen molar-refractivity contribution in [2.75, 3.05) is 13.2 Å². The van der Waals surface area contributed by atoms with E-state index in [1.807, 2.05) is 0 Å². The van der Waals surface area contributed by atoms with Crippen LogP contribution in [0.2, 0.25) is 0 Å². The van der Waals surface area contributed by atoms with E-state index in [2.05, 4.69) is 0 Å². The van der Waals surface area contributed by atoms with Crippen molar-refractivity contribution < 1.29 is 9.13 Å². The molecule has 0 unspecified atom stereocenters. The van der Waals surface area contributed by atoms with Gasteiger partial charge in [0.25, 0.3) is 0 Å². The molecule has 0 aliphatic heterocycles. The number of ether oxygens (including phenoxy) is 1. The van der Waals surface area contributed by atoms with E-state index in [4.69, 9.17) is 10.5 Å². The van der Waals surface area contributed by atoms with Crippen LogP contribution in [0.1, 0.15) is 44.1 Å². The molecule has 2 aliphatic rings. The van der Waals surface area contributed by atoms with Gasteiger partial charge in [-0.2, -0.15) is 0 Å². The van der Waals surface area contributed by atoms with E-state index in [1.54, 1.807) is 12.1 Å². The van der Waals surface area contributed by atoms with Crippen molar-refractivity contribution in [2.45, 2.75) is 43.9 Å². The van der Waals surface area contributed by atoms with Crippen molar-refractivity contribution in [3.63, 3.8) is 0 Å². The number of benzene rings is 1. The number of nitrogens with two attached hydrogens (primary N) is 1. The summed E-state index contributed by atoms with van der Waals surface area (Å²) in [4.78, 5) is 0. The summed E-state index contributed by atoms with van der Waals surface area (Å²) < 4.78 is 19.5. The van der Waals surface area contributed by atoms with E-state index in [0.29, 0.717) is 12.5 Å². The largest absolute Gasteiger partial charge is 0.493 e. The number of hydrogen-bond acceptors (Lipinski definition) is 2. The quantitative estimate of drug-likeness (QED) is 0.883. The molecule has 2 aliphatic carbocycles. The Morgan fingerprint density at radius 1 is 1.26 bits per heavy atom. The Bertz CT molecular complexity index is 447. The van der Waals surface area contributed by atoms with E-state index < -0.39 is 0 Å². The second-order valence-electron chi connectivity index (χ2n) is 6.09. The predicted molar refractivity (Wildman–Crippen MR) is 73.8 cm³/mol. The second kappa shape index (κ2) is 5.12. The molecular formula is C16H22FNO. The van der Waals surface area contributed by atoms with Crippen LogP contribution in [0.3, 0.4) is 0 Å². The maximum atomic E-state index is 13.6. The molecule has 0 aromatic heterocycles. The Kier molecular flexibility index (Phi) is 3.48. The first-order chi connectivity index (χ1) is 9.23. The van der Waals surface area contributed by atoms with Gasteiger partial charge < -0.3 is 10.5 Å². The highest BCUT2D eigenvalue weighted by atomic mass is 19.1. The van der Waals surface area contributed by atoms with Gasteiger partial charge in [-0.3, -0.25) is 0 Å². The van der Waals surface area contributed by atoms with E-state index >= 15 is 0 Å². The summed E-state index contributed by atoms with van der Waals surface area (Å²) in [6.45, 7) is 1.34. The highest BCUT2D eigenvalue weighted by Crippen LogP contribution is 2.46.